The number of para-hydroxylation sites is 5. The average Bonchev–Trinajstić information content (AvgIpc) is 3.28. The van der Waals surface area contributed by atoms with E-state index >= 15 is 0 Å². The molecule has 1 aliphatic rings. The lowest BCUT2D eigenvalue weighted by atomic mass is 10.2. The molecule has 296 valence electrons. The minimum Gasteiger partial charge on any atom is -0.413 e. The Bertz CT molecular complexity index is 2620. The molecule has 5 aromatic carbocycles. The summed E-state index contributed by atoms with van der Waals surface area (Å²) < 4.78 is 57.6. The number of rotatable bonds is 14. The quantitative estimate of drug-likeness (QED) is 0.0981. The van der Waals surface area contributed by atoms with Crippen molar-refractivity contribution in [2.45, 2.75) is 0 Å². The summed E-state index contributed by atoms with van der Waals surface area (Å²) in [6.45, 7) is 0. The third kappa shape index (κ3) is 9.33. The summed E-state index contributed by atoms with van der Waals surface area (Å²) in [5, 5.41) is 0. The third-order valence-electron chi connectivity index (χ3n) is 8.39. The van der Waals surface area contributed by atoms with Crippen molar-refractivity contribution in [2.75, 3.05) is 0 Å². The van der Waals surface area contributed by atoms with Gasteiger partial charge in [-0.05, 0) is 84.9 Å². The summed E-state index contributed by atoms with van der Waals surface area (Å²) in [7, 11) is -12.3. The molecule has 3 aromatic heterocycles. The Balaban J connectivity index is 1.36. The van der Waals surface area contributed by atoms with E-state index in [0.29, 0.717) is 57.3 Å². The van der Waals surface area contributed by atoms with Crippen molar-refractivity contribution in [3.8, 4) is 57.3 Å². The SMILES string of the molecule is c1ccc(OP2(Oc3ccccc3)=NP(Oc3ccccc3)(Oc3ccccc3)=N[P@@](Oc3ccccc3)(Oc3cc(-c4ccccn4)nc(-c4ccccn4)c3)=N2)cc1. The molecule has 0 bridgehead atoms. The molecule has 9 rings (SSSR count). The first-order valence-electron chi connectivity index (χ1n) is 18.7. The Kier molecular flexibility index (Phi) is 11.2. The Labute approximate surface area is 347 Å². The third-order valence-corrected chi connectivity index (χ3v) is 16.5. The van der Waals surface area contributed by atoms with Crippen molar-refractivity contribution < 1.29 is 27.1 Å². The molecule has 8 aromatic rings. The summed E-state index contributed by atoms with van der Waals surface area (Å²) in [6, 6.07) is 60.5. The van der Waals surface area contributed by atoms with Gasteiger partial charge in [0.05, 0.1) is 22.8 Å². The van der Waals surface area contributed by atoms with Crippen LogP contribution in [0.3, 0.4) is 0 Å². The highest BCUT2D eigenvalue weighted by molar-refractivity contribution is 7.79. The van der Waals surface area contributed by atoms with Crippen LogP contribution in [-0.2, 0) is 0 Å². The maximum atomic E-state index is 7.17. The van der Waals surface area contributed by atoms with E-state index in [1.165, 1.54) is 0 Å². The first-order valence-corrected chi connectivity index (χ1v) is 23.3. The highest BCUT2D eigenvalue weighted by Crippen LogP contribution is 2.78. The van der Waals surface area contributed by atoms with Crippen LogP contribution in [0.5, 0.6) is 34.5 Å². The fourth-order valence-corrected chi connectivity index (χ4v) is 14.9. The van der Waals surface area contributed by atoms with Crippen molar-refractivity contribution in [1.29, 1.82) is 0 Å². The van der Waals surface area contributed by atoms with E-state index in [-0.39, 0.29) is 0 Å². The van der Waals surface area contributed by atoms with Crippen molar-refractivity contribution in [3.05, 3.63) is 213 Å². The van der Waals surface area contributed by atoms with Crippen LogP contribution < -0.4 is 27.1 Å². The fraction of sp³-hybridized carbons (Fsp3) is 0. The van der Waals surface area contributed by atoms with Gasteiger partial charge in [0, 0.05) is 24.5 Å². The van der Waals surface area contributed by atoms with Crippen molar-refractivity contribution in [1.82, 2.24) is 15.0 Å². The molecule has 0 saturated heterocycles. The van der Waals surface area contributed by atoms with Gasteiger partial charge in [-0.25, -0.2) is 4.98 Å². The number of hydrogen-bond acceptors (Lipinski definition) is 12. The highest BCUT2D eigenvalue weighted by atomic mass is 31.3. The van der Waals surface area contributed by atoms with Crippen LogP contribution in [0.15, 0.2) is 226 Å². The molecule has 0 saturated carbocycles. The van der Waals surface area contributed by atoms with E-state index in [9.17, 15) is 0 Å². The van der Waals surface area contributed by atoms with Gasteiger partial charge in [0.25, 0.3) is 0 Å². The maximum absolute atomic E-state index is 7.17. The molecule has 0 N–H and O–H groups in total. The zero-order valence-electron chi connectivity index (χ0n) is 31.7. The van der Waals surface area contributed by atoms with E-state index in [2.05, 4.69) is 9.97 Å². The number of benzene rings is 5. The fourth-order valence-electron chi connectivity index (χ4n) is 5.84. The molecule has 0 aliphatic carbocycles. The van der Waals surface area contributed by atoms with Gasteiger partial charge in [-0.15, -0.1) is 0 Å². The van der Waals surface area contributed by atoms with Gasteiger partial charge in [-0.1, -0.05) is 117 Å². The lowest BCUT2D eigenvalue weighted by Crippen LogP contribution is -2.11. The molecule has 0 amide bonds. The normalized spacial score (nSPS) is 16.1. The van der Waals surface area contributed by atoms with Crippen molar-refractivity contribution in [3.63, 3.8) is 0 Å². The molecule has 0 unspecified atom stereocenters. The minimum atomic E-state index is -4.16. The second-order valence-corrected chi connectivity index (χ2v) is 19.0. The van der Waals surface area contributed by atoms with Crippen LogP contribution in [-0.4, -0.2) is 15.0 Å². The molecule has 1 atom stereocenters. The summed E-state index contributed by atoms with van der Waals surface area (Å²) in [4.78, 5) is 14.2. The largest absolute Gasteiger partial charge is 0.460 e. The summed E-state index contributed by atoms with van der Waals surface area (Å²) in [6.07, 6.45) is 3.40. The number of pyridine rings is 3. The van der Waals surface area contributed by atoms with Crippen LogP contribution in [0.2, 0.25) is 0 Å². The number of aromatic nitrogens is 3. The first kappa shape index (κ1) is 38.6. The van der Waals surface area contributed by atoms with Gasteiger partial charge in [-0.3, -0.25) is 9.97 Å². The second kappa shape index (κ2) is 17.5. The van der Waals surface area contributed by atoms with Gasteiger partial charge in [0.2, 0.25) is 0 Å². The van der Waals surface area contributed by atoms with E-state index in [1.807, 2.05) is 127 Å². The van der Waals surface area contributed by atoms with Gasteiger partial charge in [-0.2, -0.15) is 0 Å². The highest BCUT2D eigenvalue weighted by Gasteiger charge is 2.49. The molecule has 0 spiro atoms. The zero-order valence-corrected chi connectivity index (χ0v) is 34.4. The topological polar surface area (TPSA) is 131 Å². The van der Waals surface area contributed by atoms with Gasteiger partial charge < -0.3 is 27.1 Å². The smallest absolute Gasteiger partial charge is 0.413 e. The Morgan fingerprint density at radius 3 is 0.800 bits per heavy atom. The summed E-state index contributed by atoms with van der Waals surface area (Å²) in [5.74, 6) is 2.38. The molecule has 1 aliphatic heterocycles. The standard InChI is InChI=1S/C45H35N6O6P3/c1-6-20-36(21-7-1)52-58(53-37-22-8-2-9-23-37)49-59(54-38-24-10-3-11-25-38,55-39-26-12-4-13-27-39)51-60(50-58,56-40-28-14-5-15-29-40)57-41-34-44(42-30-16-18-32-46-42)48-45(35-41)43-31-17-19-33-47-43/h1-35H. The predicted octanol–water partition coefficient (Wildman–Crippen LogP) is 13.8. The molecule has 0 fully saturated rings. The number of hydrogen-bond donors (Lipinski definition) is 0. The van der Waals surface area contributed by atoms with E-state index in [4.69, 9.17) is 45.7 Å². The second-order valence-electron chi connectivity index (χ2n) is 12.9. The molecular formula is C45H35N6O6P3. The van der Waals surface area contributed by atoms with Crippen molar-refractivity contribution >= 4 is 23.0 Å². The average molecular weight is 849 g/mol. The molecule has 12 nitrogen and oxygen atoms in total. The van der Waals surface area contributed by atoms with Crippen LogP contribution in [0, 0.1) is 0 Å². The Morgan fingerprint density at radius 1 is 0.267 bits per heavy atom. The molecule has 4 heterocycles. The van der Waals surface area contributed by atoms with Crippen LogP contribution in [0.4, 0.5) is 0 Å². The Morgan fingerprint density at radius 2 is 0.533 bits per heavy atom. The van der Waals surface area contributed by atoms with Gasteiger partial charge >= 0.3 is 23.0 Å². The monoisotopic (exact) mass is 848 g/mol. The molecule has 60 heavy (non-hydrogen) atoms. The van der Waals surface area contributed by atoms with Gasteiger partial charge in [0.1, 0.15) is 34.5 Å². The van der Waals surface area contributed by atoms with Crippen LogP contribution in [0.1, 0.15) is 0 Å². The molecule has 0 radical (unpaired) electrons. The van der Waals surface area contributed by atoms with E-state index < -0.39 is 23.0 Å². The Hall–Kier alpha value is -6.96. The van der Waals surface area contributed by atoms with Crippen LogP contribution in [0.25, 0.3) is 22.8 Å². The summed E-state index contributed by atoms with van der Waals surface area (Å²) >= 11 is 0. The van der Waals surface area contributed by atoms with Gasteiger partial charge in [0.15, 0.2) is 0 Å². The number of nitrogens with zero attached hydrogens (tertiary/aromatic N) is 6. The van der Waals surface area contributed by atoms with E-state index in [0.717, 1.165) is 0 Å². The summed E-state index contributed by atoms with van der Waals surface area (Å²) in [5.41, 5.74) is 2.23. The zero-order chi connectivity index (χ0) is 40.5. The van der Waals surface area contributed by atoms with Crippen LogP contribution >= 0.6 is 23.0 Å². The van der Waals surface area contributed by atoms with Crippen molar-refractivity contribution in [2.24, 2.45) is 13.5 Å². The lowest BCUT2D eigenvalue weighted by molar-refractivity contribution is 0.443. The predicted molar refractivity (Wildman–Crippen MR) is 235 cm³/mol. The van der Waals surface area contributed by atoms with E-state index in [1.54, 1.807) is 85.2 Å². The minimum absolute atomic E-state index is 0.292. The molecule has 15 heteroatoms. The first-order chi connectivity index (χ1) is 29.5. The molecular weight excluding hydrogens is 813 g/mol. The maximum Gasteiger partial charge on any atom is 0.460 e. The lowest BCUT2D eigenvalue weighted by Gasteiger charge is -2.33.